The molecule has 3 rings (SSSR count). The van der Waals surface area contributed by atoms with E-state index in [0.717, 1.165) is 56.6 Å². The van der Waals surface area contributed by atoms with E-state index in [0.29, 0.717) is 17.9 Å². The summed E-state index contributed by atoms with van der Waals surface area (Å²) >= 11 is 0.482. The van der Waals surface area contributed by atoms with Gasteiger partial charge >= 0.3 is 0 Å². The average molecular weight is 456 g/mol. The van der Waals surface area contributed by atoms with Gasteiger partial charge in [-0.25, -0.2) is 17.8 Å². The van der Waals surface area contributed by atoms with Crippen LogP contribution >= 0.6 is 11.3 Å². The molecular formula is C19H23F2N5O2S2. The van der Waals surface area contributed by atoms with Crippen LogP contribution in [0.1, 0.15) is 37.7 Å². The van der Waals surface area contributed by atoms with Gasteiger partial charge in [-0.05, 0) is 50.4 Å². The molecule has 0 spiro atoms. The second-order valence-corrected chi connectivity index (χ2v) is 9.78. The van der Waals surface area contributed by atoms with Crippen LogP contribution in [0.4, 0.5) is 19.6 Å². The van der Waals surface area contributed by atoms with Crippen molar-refractivity contribution in [3.63, 3.8) is 0 Å². The Morgan fingerprint density at radius 1 is 1.30 bits per heavy atom. The van der Waals surface area contributed by atoms with E-state index in [1.165, 1.54) is 12.8 Å². The number of hydrogen-bond acceptors (Lipinski definition) is 7. The molecule has 1 aliphatic heterocycles. The molecule has 1 aromatic heterocycles. The number of unbranched alkanes of at least 4 members (excludes halogenated alkanes) is 2. The topological polar surface area (TPSA) is 107 Å². The van der Waals surface area contributed by atoms with Gasteiger partial charge in [0.15, 0.2) is 10.3 Å². The molecule has 2 heterocycles. The first kappa shape index (κ1) is 22.4. The highest BCUT2D eigenvalue weighted by Gasteiger charge is 2.23. The van der Waals surface area contributed by atoms with E-state index in [2.05, 4.69) is 15.6 Å². The van der Waals surface area contributed by atoms with Gasteiger partial charge in [0.05, 0.1) is 17.4 Å². The van der Waals surface area contributed by atoms with E-state index >= 15 is 0 Å². The number of nitrogens with one attached hydrogen (secondary N) is 3. The number of aromatic nitrogens is 1. The summed E-state index contributed by atoms with van der Waals surface area (Å²) in [4.78, 5) is 2.87. The third-order valence-corrected chi connectivity index (χ3v) is 7.13. The fourth-order valence-electron chi connectivity index (χ4n) is 3.39. The smallest absolute Gasteiger partial charge is 0.266 e. The van der Waals surface area contributed by atoms with Crippen molar-refractivity contribution in [1.82, 2.24) is 10.3 Å². The van der Waals surface area contributed by atoms with Gasteiger partial charge in [0.2, 0.25) is 0 Å². The molecule has 0 bridgehead atoms. The monoisotopic (exact) mass is 455 g/mol. The largest absolute Gasteiger partial charge is 0.384 e. The van der Waals surface area contributed by atoms with Gasteiger partial charge in [-0.1, -0.05) is 24.2 Å². The third kappa shape index (κ3) is 5.87. The summed E-state index contributed by atoms with van der Waals surface area (Å²) in [5, 5.41) is 14.8. The van der Waals surface area contributed by atoms with Crippen molar-refractivity contribution in [1.29, 1.82) is 5.26 Å². The lowest BCUT2D eigenvalue weighted by atomic mass is 10.0. The van der Waals surface area contributed by atoms with Crippen LogP contribution in [0.3, 0.4) is 0 Å². The number of nitriles is 1. The van der Waals surface area contributed by atoms with Crippen LogP contribution in [0.15, 0.2) is 23.2 Å². The molecule has 1 saturated heterocycles. The molecule has 0 aliphatic carbocycles. The van der Waals surface area contributed by atoms with Crippen LogP contribution in [0, 0.1) is 28.2 Å². The number of nitrogens with zero attached hydrogens (tertiary/aromatic N) is 2. The summed E-state index contributed by atoms with van der Waals surface area (Å²) in [5.41, 5.74) is 0.258. The molecular weight excluding hydrogens is 432 g/mol. The van der Waals surface area contributed by atoms with Crippen LogP contribution in [0.2, 0.25) is 0 Å². The molecule has 1 aromatic carbocycles. The molecule has 2 aromatic rings. The van der Waals surface area contributed by atoms with Gasteiger partial charge < -0.3 is 10.6 Å². The van der Waals surface area contributed by atoms with Crippen molar-refractivity contribution in [3.8, 4) is 6.07 Å². The Morgan fingerprint density at radius 2 is 2.13 bits per heavy atom. The van der Waals surface area contributed by atoms with Gasteiger partial charge in [0, 0.05) is 6.54 Å². The first-order chi connectivity index (χ1) is 14.4. The molecule has 0 saturated carbocycles. The lowest BCUT2D eigenvalue weighted by molar-refractivity contribution is 0.493. The van der Waals surface area contributed by atoms with E-state index in [9.17, 15) is 22.5 Å². The zero-order chi connectivity index (χ0) is 21.6. The van der Waals surface area contributed by atoms with E-state index < -0.39 is 25.9 Å². The Bertz CT molecular complexity index is 1010. The summed E-state index contributed by atoms with van der Waals surface area (Å²) in [6.07, 6.45) is 6.28. The van der Waals surface area contributed by atoms with Crippen LogP contribution in [-0.4, -0.2) is 33.0 Å². The van der Waals surface area contributed by atoms with Gasteiger partial charge in [0.25, 0.3) is 10.0 Å². The minimum absolute atomic E-state index is 0.0131. The summed E-state index contributed by atoms with van der Waals surface area (Å²) < 4.78 is 54.4. The first-order valence-corrected chi connectivity index (χ1v) is 12.0. The molecule has 1 atom stereocenters. The van der Waals surface area contributed by atoms with Crippen molar-refractivity contribution in [2.75, 3.05) is 29.7 Å². The molecule has 162 valence electrons. The molecule has 0 unspecified atom stereocenters. The predicted molar refractivity (Wildman–Crippen MR) is 112 cm³/mol. The normalized spacial score (nSPS) is 16.4. The third-order valence-electron chi connectivity index (χ3n) is 4.95. The minimum atomic E-state index is -4.35. The Morgan fingerprint density at radius 3 is 2.80 bits per heavy atom. The molecule has 0 radical (unpaired) electrons. The number of anilines is 2. The second-order valence-electron chi connectivity index (χ2n) is 7.15. The molecule has 11 heteroatoms. The van der Waals surface area contributed by atoms with Gasteiger partial charge in [-0.15, -0.1) is 0 Å². The predicted octanol–water partition coefficient (Wildman–Crippen LogP) is 3.68. The molecule has 7 nitrogen and oxygen atoms in total. The maximum atomic E-state index is 14.5. The van der Waals surface area contributed by atoms with Crippen LogP contribution < -0.4 is 15.4 Å². The molecule has 1 aliphatic rings. The van der Waals surface area contributed by atoms with Crippen molar-refractivity contribution in [2.45, 2.75) is 37.0 Å². The minimum Gasteiger partial charge on any atom is -0.384 e. The summed E-state index contributed by atoms with van der Waals surface area (Å²) in [7, 11) is -4.35. The number of hydrogen-bond donors (Lipinski definition) is 3. The van der Waals surface area contributed by atoms with Gasteiger partial charge in [-0.2, -0.15) is 9.65 Å². The number of benzene rings is 1. The molecule has 0 amide bonds. The zero-order valence-corrected chi connectivity index (χ0v) is 17.9. The number of halogens is 2. The molecule has 30 heavy (non-hydrogen) atoms. The Kier molecular flexibility index (Phi) is 7.58. The standard InChI is InChI=1S/C19H23F2N5O2S2/c20-15-9-16(24-6-3-1-2-4-13-5-7-23-11-13)14(10-22)8-17(15)30(27,28)26-19-25-12-18(21)29-19/h8-9,12-13,23-24H,1-7,11H2,(H,25,26)/t13-/m1/s1. The van der Waals surface area contributed by atoms with Crippen LogP contribution in [0.5, 0.6) is 0 Å². The Hall–Kier alpha value is -2.29. The Labute approximate surface area is 178 Å². The Balaban J connectivity index is 1.58. The fourth-order valence-corrected chi connectivity index (χ4v) is 5.26. The highest BCUT2D eigenvalue weighted by Crippen LogP contribution is 2.27. The van der Waals surface area contributed by atoms with Gasteiger partial charge in [-0.3, -0.25) is 4.72 Å². The summed E-state index contributed by atoms with van der Waals surface area (Å²) in [6.45, 7) is 2.74. The van der Waals surface area contributed by atoms with Crippen LogP contribution in [0.25, 0.3) is 0 Å². The highest BCUT2D eigenvalue weighted by molar-refractivity contribution is 7.93. The van der Waals surface area contributed by atoms with Crippen molar-refractivity contribution < 1.29 is 17.2 Å². The van der Waals surface area contributed by atoms with E-state index in [4.69, 9.17) is 0 Å². The lowest BCUT2D eigenvalue weighted by Crippen LogP contribution is -2.15. The molecule has 3 N–H and O–H groups in total. The maximum Gasteiger partial charge on any atom is 0.266 e. The lowest BCUT2D eigenvalue weighted by Gasteiger charge is -2.12. The van der Waals surface area contributed by atoms with E-state index in [1.807, 2.05) is 10.8 Å². The summed E-state index contributed by atoms with van der Waals surface area (Å²) in [6, 6.07) is 3.86. The average Bonchev–Trinajstić information content (AvgIpc) is 3.35. The number of sulfonamides is 1. The number of rotatable bonds is 10. The SMILES string of the molecule is N#Cc1cc(S(=O)(=O)Nc2ncc(F)s2)c(F)cc1NCCCCC[C@@H]1CCNC1. The highest BCUT2D eigenvalue weighted by atomic mass is 32.2. The molecule has 1 fully saturated rings. The fraction of sp³-hybridized carbons (Fsp3) is 0.474. The zero-order valence-electron chi connectivity index (χ0n) is 16.2. The van der Waals surface area contributed by atoms with Crippen LogP contribution in [-0.2, 0) is 10.0 Å². The quantitative estimate of drug-likeness (QED) is 0.472. The van der Waals surface area contributed by atoms with Gasteiger partial charge in [0.1, 0.15) is 16.8 Å². The first-order valence-electron chi connectivity index (χ1n) is 9.71. The van der Waals surface area contributed by atoms with Crippen molar-refractivity contribution in [2.24, 2.45) is 5.92 Å². The second kappa shape index (κ2) is 10.1. The van der Waals surface area contributed by atoms with E-state index in [-0.39, 0.29) is 16.4 Å². The summed E-state index contributed by atoms with van der Waals surface area (Å²) in [5.74, 6) is -0.254. The maximum absolute atomic E-state index is 14.5. The van der Waals surface area contributed by atoms with Crippen molar-refractivity contribution >= 4 is 32.2 Å². The van der Waals surface area contributed by atoms with E-state index in [1.54, 1.807) is 0 Å². The number of thiazole rings is 1. The van der Waals surface area contributed by atoms with Crippen molar-refractivity contribution in [3.05, 3.63) is 34.8 Å².